The molecule has 1 aromatic carbocycles. The molecule has 3 aromatic heterocycles. The maximum absolute atomic E-state index is 13.2. The highest BCUT2D eigenvalue weighted by molar-refractivity contribution is 6.05. The molecule has 1 amide bonds. The normalized spacial score (nSPS) is 17.7. The van der Waals surface area contributed by atoms with Gasteiger partial charge in [0.1, 0.15) is 11.1 Å². The highest BCUT2D eigenvalue weighted by Crippen LogP contribution is 2.41. The first-order valence-corrected chi connectivity index (χ1v) is 10.7. The fourth-order valence-corrected chi connectivity index (χ4v) is 4.85. The van der Waals surface area contributed by atoms with E-state index in [1.54, 1.807) is 12.4 Å². The number of pyridine rings is 1. The van der Waals surface area contributed by atoms with E-state index in [-0.39, 0.29) is 5.91 Å². The predicted molar refractivity (Wildman–Crippen MR) is 116 cm³/mol. The van der Waals surface area contributed by atoms with Crippen LogP contribution in [0.25, 0.3) is 16.7 Å². The van der Waals surface area contributed by atoms with E-state index in [0.29, 0.717) is 25.3 Å². The Morgan fingerprint density at radius 2 is 1.94 bits per heavy atom. The van der Waals surface area contributed by atoms with Crippen LogP contribution in [0, 0.1) is 0 Å². The van der Waals surface area contributed by atoms with Crippen molar-refractivity contribution in [2.24, 2.45) is 0 Å². The fraction of sp³-hybridized carbons (Fsp3) is 0.292. The van der Waals surface area contributed by atoms with Gasteiger partial charge in [-0.15, -0.1) is 0 Å². The summed E-state index contributed by atoms with van der Waals surface area (Å²) < 4.78 is 8.29. The molecule has 0 saturated carbocycles. The van der Waals surface area contributed by atoms with Crippen LogP contribution in [0.1, 0.15) is 34.5 Å². The number of H-pyrrole nitrogens is 1. The van der Waals surface area contributed by atoms with Gasteiger partial charge in [-0.3, -0.25) is 9.78 Å². The molecule has 0 unspecified atom stereocenters. The van der Waals surface area contributed by atoms with Gasteiger partial charge >= 0.3 is 0 Å². The molecule has 1 fully saturated rings. The quantitative estimate of drug-likeness (QED) is 0.546. The summed E-state index contributed by atoms with van der Waals surface area (Å²) in [6, 6.07) is 14.0. The molecule has 2 aliphatic rings. The lowest BCUT2D eigenvalue weighted by Gasteiger charge is -2.42. The molecule has 1 spiro atoms. The molecule has 1 saturated heterocycles. The lowest BCUT2D eigenvalue weighted by Crippen LogP contribution is -2.48. The minimum Gasteiger partial charge on any atom is -0.368 e. The first-order chi connectivity index (χ1) is 15.2. The van der Waals surface area contributed by atoms with Gasteiger partial charge < -0.3 is 14.6 Å². The number of aromatic amines is 1. The number of piperidine rings is 1. The number of carbonyl (C=O) groups excluding carboxylic acids is 1. The van der Waals surface area contributed by atoms with Crippen molar-refractivity contribution in [2.75, 3.05) is 19.7 Å². The maximum Gasteiger partial charge on any atom is 0.257 e. The molecule has 0 radical (unpaired) electrons. The van der Waals surface area contributed by atoms with Crippen LogP contribution >= 0.6 is 0 Å². The number of amides is 1. The Bertz CT molecular complexity index is 1250. The standard InChI is InChI=1S/C24H23N5O2/c30-23(19-15-26-20-7-4-11-25-21(19)20)28-12-9-24(10-13-28)22-17(8-14-31-24)16-29(27-22)18-5-2-1-3-6-18/h1-7,11,15-16,26H,8-10,12-14H2. The minimum atomic E-state index is -0.414. The summed E-state index contributed by atoms with van der Waals surface area (Å²) in [6.45, 7) is 1.96. The number of rotatable bonds is 2. The van der Waals surface area contributed by atoms with Crippen molar-refractivity contribution in [2.45, 2.75) is 24.9 Å². The fourth-order valence-electron chi connectivity index (χ4n) is 4.85. The Labute approximate surface area is 179 Å². The van der Waals surface area contributed by atoms with Crippen LogP contribution in [-0.4, -0.2) is 50.3 Å². The Morgan fingerprint density at radius 3 is 2.77 bits per heavy atom. The largest absolute Gasteiger partial charge is 0.368 e. The van der Waals surface area contributed by atoms with Gasteiger partial charge in [-0.1, -0.05) is 18.2 Å². The van der Waals surface area contributed by atoms with Gasteiger partial charge in [0.15, 0.2) is 0 Å². The molecule has 156 valence electrons. The molecule has 6 rings (SSSR count). The van der Waals surface area contributed by atoms with Crippen LogP contribution in [0.4, 0.5) is 0 Å². The van der Waals surface area contributed by atoms with Crippen LogP contribution in [0.3, 0.4) is 0 Å². The van der Waals surface area contributed by atoms with Gasteiger partial charge in [0.05, 0.1) is 29.1 Å². The lowest BCUT2D eigenvalue weighted by molar-refractivity contribution is -0.0963. The Hall–Kier alpha value is -3.45. The third kappa shape index (κ3) is 2.96. The predicted octanol–water partition coefficient (Wildman–Crippen LogP) is 3.45. The second kappa shape index (κ2) is 7.06. The first kappa shape index (κ1) is 18.3. The summed E-state index contributed by atoms with van der Waals surface area (Å²) in [7, 11) is 0. The van der Waals surface area contributed by atoms with Crippen molar-refractivity contribution in [1.82, 2.24) is 24.6 Å². The number of nitrogens with one attached hydrogen (secondary N) is 1. The van der Waals surface area contributed by atoms with Gasteiger partial charge in [-0.2, -0.15) is 5.10 Å². The van der Waals surface area contributed by atoms with Crippen LogP contribution < -0.4 is 0 Å². The Balaban J connectivity index is 1.25. The summed E-state index contributed by atoms with van der Waals surface area (Å²) >= 11 is 0. The summed E-state index contributed by atoms with van der Waals surface area (Å²) in [5.74, 6) is 0.0191. The van der Waals surface area contributed by atoms with E-state index in [1.165, 1.54) is 5.56 Å². The molecule has 5 heterocycles. The number of likely N-dealkylation sites (tertiary alicyclic amines) is 1. The van der Waals surface area contributed by atoms with Gasteiger partial charge in [-0.25, -0.2) is 4.68 Å². The Kier molecular flexibility index (Phi) is 4.17. The SMILES string of the molecule is O=C(c1c[nH]c2cccnc12)N1CCC2(CC1)OCCc1cn(-c3ccccc3)nc12. The van der Waals surface area contributed by atoms with E-state index in [0.717, 1.165) is 41.7 Å². The molecular formula is C24H23N5O2. The van der Waals surface area contributed by atoms with Crippen molar-refractivity contribution in [3.8, 4) is 5.69 Å². The van der Waals surface area contributed by atoms with Crippen molar-refractivity contribution in [3.05, 3.63) is 77.9 Å². The highest BCUT2D eigenvalue weighted by Gasteiger charge is 2.44. The summed E-state index contributed by atoms with van der Waals surface area (Å²) in [5.41, 5.74) is 5.15. The molecule has 31 heavy (non-hydrogen) atoms. The average molecular weight is 413 g/mol. The number of aromatic nitrogens is 4. The number of hydrogen-bond donors (Lipinski definition) is 1. The van der Waals surface area contributed by atoms with Gasteiger partial charge in [0, 0.05) is 31.7 Å². The molecule has 7 nitrogen and oxygen atoms in total. The lowest BCUT2D eigenvalue weighted by atomic mass is 9.83. The molecular weight excluding hydrogens is 390 g/mol. The van der Waals surface area contributed by atoms with Crippen molar-refractivity contribution >= 4 is 16.9 Å². The van der Waals surface area contributed by atoms with Crippen LogP contribution in [0.15, 0.2) is 61.1 Å². The highest BCUT2D eigenvalue weighted by atomic mass is 16.5. The zero-order valence-electron chi connectivity index (χ0n) is 17.1. The topological polar surface area (TPSA) is 76.0 Å². The van der Waals surface area contributed by atoms with E-state index in [1.807, 2.05) is 39.9 Å². The number of para-hydroxylation sites is 1. The molecule has 0 atom stereocenters. The Morgan fingerprint density at radius 1 is 1.10 bits per heavy atom. The summed E-state index contributed by atoms with van der Waals surface area (Å²) in [4.78, 5) is 22.6. The van der Waals surface area contributed by atoms with Gasteiger partial charge in [0.2, 0.25) is 0 Å². The zero-order chi connectivity index (χ0) is 20.8. The first-order valence-electron chi connectivity index (χ1n) is 10.7. The van der Waals surface area contributed by atoms with E-state index >= 15 is 0 Å². The van der Waals surface area contributed by atoms with Crippen molar-refractivity contribution in [3.63, 3.8) is 0 Å². The van der Waals surface area contributed by atoms with E-state index < -0.39 is 5.60 Å². The van der Waals surface area contributed by atoms with E-state index in [4.69, 9.17) is 9.84 Å². The number of ether oxygens (including phenoxy) is 1. The molecule has 0 bridgehead atoms. The third-order valence-corrected chi connectivity index (χ3v) is 6.52. The number of hydrogen-bond acceptors (Lipinski definition) is 4. The van der Waals surface area contributed by atoms with Crippen molar-refractivity contribution in [1.29, 1.82) is 0 Å². The number of benzene rings is 1. The maximum atomic E-state index is 13.2. The van der Waals surface area contributed by atoms with Crippen LogP contribution in [0.5, 0.6) is 0 Å². The third-order valence-electron chi connectivity index (χ3n) is 6.52. The van der Waals surface area contributed by atoms with Crippen molar-refractivity contribution < 1.29 is 9.53 Å². The molecule has 4 aromatic rings. The minimum absolute atomic E-state index is 0.0191. The monoisotopic (exact) mass is 413 g/mol. The number of fused-ring (bicyclic) bond motifs is 3. The summed E-state index contributed by atoms with van der Waals surface area (Å²) in [6.07, 6.45) is 7.97. The number of nitrogens with zero attached hydrogens (tertiary/aromatic N) is 4. The molecule has 7 heteroatoms. The van der Waals surface area contributed by atoms with Crippen LogP contribution in [-0.2, 0) is 16.8 Å². The van der Waals surface area contributed by atoms with Crippen LogP contribution in [0.2, 0.25) is 0 Å². The summed E-state index contributed by atoms with van der Waals surface area (Å²) in [5, 5.41) is 4.93. The number of carbonyl (C=O) groups is 1. The second-order valence-electron chi connectivity index (χ2n) is 8.27. The molecule has 2 aliphatic heterocycles. The zero-order valence-corrected chi connectivity index (χ0v) is 17.1. The molecule has 1 N–H and O–H groups in total. The second-order valence-corrected chi connectivity index (χ2v) is 8.27. The van der Waals surface area contributed by atoms with E-state index in [9.17, 15) is 4.79 Å². The molecule has 0 aliphatic carbocycles. The average Bonchev–Trinajstić information content (AvgIpc) is 3.45. The smallest absolute Gasteiger partial charge is 0.257 e. The van der Waals surface area contributed by atoms with Gasteiger partial charge in [0.25, 0.3) is 5.91 Å². The van der Waals surface area contributed by atoms with E-state index in [2.05, 4.69) is 28.3 Å². The van der Waals surface area contributed by atoms with Gasteiger partial charge in [-0.05, 0) is 49.1 Å².